The molecule has 5 heteroatoms. The van der Waals surface area contributed by atoms with Gasteiger partial charge in [-0.2, -0.15) is 0 Å². The van der Waals surface area contributed by atoms with Crippen molar-refractivity contribution in [1.82, 2.24) is 5.32 Å². The van der Waals surface area contributed by atoms with Crippen molar-refractivity contribution in [2.45, 2.75) is 12.8 Å². The minimum Gasteiger partial charge on any atom is -0.392 e. The number of rotatable bonds is 5. The quantitative estimate of drug-likeness (QED) is 0.607. The van der Waals surface area contributed by atoms with Gasteiger partial charge in [0.05, 0.1) is 13.2 Å². The Kier molecular flexibility index (Phi) is 4.91. The van der Waals surface area contributed by atoms with Crippen LogP contribution < -0.4 is 11.1 Å². The minimum absolute atomic E-state index is 0.177. The van der Waals surface area contributed by atoms with Gasteiger partial charge in [0.2, 0.25) is 0 Å². The largest absolute Gasteiger partial charge is 0.392 e. The molecule has 1 unspecified atom stereocenters. The molecule has 1 atom stereocenters. The zero-order valence-corrected chi connectivity index (χ0v) is 9.14. The third-order valence-electron chi connectivity index (χ3n) is 2.10. The third-order valence-corrected chi connectivity index (χ3v) is 2.10. The first-order valence-electron chi connectivity index (χ1n) is 4.93. The number of aliphatic hydroxyl groups excluding tert-OH is 1. The fourth-order valence-electron chi connectivity index (χ4n) is 1.35. The van der Waals surface area contributed by atoms with E-state index < -0.39 is 6.17 Å². The molecule has 0 spiro atoms. The van der Waals surface area contributed by atoms with E-state index in [4.69, 9.17) is 15.6 Å². The molecule has 0 aliphatic carbocycles. The van der Waals surface area contributed by atoms with Gasteiger partial charge in [0.15, 0.2) is 0 Å². The van der Waals surface area contributed by atoms with E-state index >= 15 is 0 Å². The zero-order valence-electron chi connectivity index (χ0n) is 9.14. The van der Waals surface area contributed by atoms with E-state index in [1.807, 2.05) is 0 Å². The lowest BCUT2D eigenvalue weighted by molar-refractivity contribution is 0.0897. The highest BCUT2D eigenvalue weighted by molar-refractivity contribution is 5.95. The Morgan fingerprint density at radius 2 is 2.25 bits per heavy atom. The maximum atomic E-state index is 11.8. The summed E-state index contributed by atoms with van der Waals surface area (Å²) < 4.78 is 4.81. The van der Waals surface area contributed by atoms with Crippen LogP contribution in [-0.2, 0) is 11.3 Å². The molecule has 5 nitrogen and oxygen atoms in total. The van der Waals surface area contributed by atoms with Crippen LogP contribution in [0.2, 0.25) is 0 Å². The van der Waals surface area contributed by atoms with Crippen molar-refractivity contribution in [2.24, 2.45) is 5.73 Å². The number of nitrogens with two attached hydrogens (primary N) is 1. The molecule has 0 saturated carbocycles. The number of hydrogen-bond acceptors (Lipinski definition) is 4. The number of amides is 1. The van der Waals surface area contributed by atoms with E-state index in [9.17, 15) is 4.79 Å². The summed E-state index contributed by atoms with van der Waals surface area (Å²) in [5.74, 6) is -0.311. The number of methoxy groups -OCH3 is 1. The first kappa shape index (κ1) is 12.6. The molecular formula is C11H16N2O3. The van der Waals surface area contributed by atoms with Crippen molar-refractivity contribution in [1.29, 1.82) is 0 Å². The summed E-state index contributed by atoms with van der Waals surface area (Å²) >= 11 is 0. The highest BCUT2D eigenvalue weighted by atomic mass is 16.5. The average molecular weight is 224 g/mol. The monoisotopic (exact) mass is 224 g/mol. The summed E-state index contributed by atoms with van der Waals surface area (Å²) in [6.07, 6.45) is -0.552. The Hall–Kier alpha value is -1.43. The molecule has 0 radical (unpaired) electrons. The van der Waals surface area contributed by atoms with Crippen molar-refractivity contribution in [2.75, 3.05) is 13.7 Å². The maximum Gasteiger partial charge on any atom is 0.252 e. The van der Waals surface area contributed by atoms with Crippen LogP contribution in [0, 0.1) is 0 Å². The van der Waals surface area contributed by atoms with Gasteiger partial charge in [-0.1, -0.05) is 18.2 Å². The zero-order chi connectivity index (χ0) is 12.0. The van der Waals surface area contributed by atoms with Crippen LogP contribution >= 0.6 is 0 Å². The van der Waals surface area contributed by atoms with E-state index in [0.717, 1.165) is 0 Å². The van der Waals surface area contributed by atoms with Crippen molar-refractivity contribution in [3.05, 3.63) is 35.4 Å². The highest BCUT2D eigenvalue weighted by Gasteiger charge is 2.12. The lowest BCUT2D eigenvalue weighted by atomic mass is 10.1. The SMILES string of the molecule is COCC(N)NC(=O)c1ccccc1CO. The molecule has 1 rings (SSSR count). The number of carbonyl (C=O) groups is 1. The molecule has 0 aliphatic heterocycles. The van der Waals surface area contributed by atoms with E-state index in [-0.39, 0.29) is 19.1 Å². The summed E-state index contributed by atoms with van der Waals surface area (Å²) in [7, 11) is 1.51. The predicted molar refractivity (Wildman–Crippen MR) is 59.7 cm³/mol. The maximum absolute atomic E-state index is 11.8. The third kappa shape index (κ3) is 3.30. The number of hydrogen-bond donors (Lipinski definition) is 3. The van der Waals surface area contributed by atoms with E-state index in [2.05, 4.69) is 5.32 Å². The summed E-state index contributed by atoms with van der Waals surface area (Å²) in [5.41, 5.74) is 6.60. The first-order valence-corrected chi connectivity index (χ1v) is 4.93. The van der Waals surface area contributed by atoms with Crippen molar-refractivity contribution >= 4 is 5.91 Å². The Labute approximate surface area is 94.2 Å². The number of benzene rings is 1. The van der Waals surface area contributed by atoms with Crippen LogP contribution in [0.1, 0.15) is 15.9 Å². The molecule has 4 N–H and O–H groups in total. The van der Waals surface area contributed by atoms with Gasteiger partial charge in [-0.05, 0) is 11.6 Å². The van der Waals surface area contributed by atoms with Gasteiger partial charge in [0.25, 0.3) is 5.91 Å². The highest BCUT2D eigenvalue weighted by Crippen LogP contribution is 2.08. The molecule has 1 aromatic rings. The average Bonchev–Trinajstić information content (AvgIpc) is 2.29. The van der Waals surface area contributed by atoms with Crippen molar-refractivity contribution in [3.8, 4) is 0 Å². The van der Waals surface area contributed by atoms with Crippen LogP contribution in [0.25, 0.3) is 0 Å². The molecule has 0 saturated heterocycles. The first-order chi connectivity index (χ1) is 7.69. The minimum atomic E-state index is -0.552. The standard InChI is InChI=1S/C11H16N2O3/c1-16-7-10(12)13-11(15)9-5-3-2-4-8(9)6-14/h2-5,10,14H,6-7,12H2,1H3,(H,13,15). The van der Waals surface area contributed by atoms with Gasteiger partial charge in [0, 0.05) is 12.7 Å². The number of ether oxygens (including phenoxy) is 1. The summed E-state index contributed by atoms with van der Waals surface area (Å²) in [5, 5.41) is 11.6. The van der Waals surface area contributed by atoms with Crippen molar-refractivity contribution < 1.29 is 14.6 Å². The van der Waals surface area contributed by atoms with Crippen LogP contribution in [-0.4, -0.2) is 30.9 Å². The molecule has 88 valence electrons. The topological polar surface area (TPSA) is 84.6 Å². The second-order valence-corrected chi connectivity index (χ2v) is 3.35. The summed E-state index contributed by atoms with van der Waals surface area (Å²) in [6.45, 7) is 0.0656. The van der Waals surface area contributed by atoms with Crippen molar-refractivity contribution in [3.63, 3.8) is 0 Å². The van der Waals surface area contributed by atoms with Crippen LogP contribution in [0.3, 0.4) is 0 Å². The molecule has 0 fully saturated rings. The lowest BCUT2D eigenvalue weighted by Crippen LogP contribution is -2.44. The smallest absolute Gasteiger partial charge is 0.252 e. The summed E-state index contributed by atoms with van der Waals surface area (Å²) in [6, 6.07) is 6.82. The fourth-order valence-corrected chi connectivity index (χ4v) is 1.35. The molecule has 16 heavy (non-hydrogen) atoms. The predicted octanol–water partition coefficient (Wildman–Crippen LogP) is -0.160. The van der Waals surface area contributed by atoms with Crippen LogP contribution in [0.4, 0.5) is 0 Å². The van der Waals surface area contributed by atoms with Gasteiger partial charge in [-0.25, -0.2) is 0 Å². The Bertz CT molecular complexity index is 355. The van der Waals surface area contributed by atoms with Gasteiger partial charge in [-0.3, -0.25) is 4.79 Å². The fraction of sp³-hybridized carbons (Fsp3) is 0.364. The van der Waals surface area contributed by atoms with Crippen LogP contribution in [0.5, 0.6) is 0 Å². The summed E-state index contributed by atoms with van der Waals surface area (Å²) in [4.78, 5) is 11.8. The Balaban J connectivity index is 2.72. The Morgan fingerprint density at radius 1 is 1.56 bits per heavy atom. The van der Waals surface area contributed by atoms with E-state index in [1.54, 1.807) is 24.3 Å². The molecule has 1 amide bonds. The molecule has 0 heterocycles. The van der Waals surface area contributed by atoms with Gasteiger partial charge >= 0.3 is 0 Å². The molecule has 0 aromatic heterocycles. The Morgan fingerprint density at radius 3 is 2.88 bits per heavy atom. The van der Waals surface area contributed by atoms with Gasteiger partial charge in [-0.15, -0.1) is 0 Å². The van der Waals surface area contributed by atoms with Gasteiger partial charge < -0.3 is 20.9 Å². The van der Waals surface area contributed by atoms with E-state index in [1.165, 1.54) is 7.11 Å². The molecule has 1 aromatic carbocycles. The van der Waals surface area contributed by atoms with E-state index in [0.29, 0.717) is 11.1 Å². The lowest BCUT2D eigenvalue weighted by Gasteiger charge is -2.14. The van der Waals surface area contributed by atoms with Crippen LogP contribution in [0.15, 0.2) is 24.3 Å². The molecule has 0 bridgehead atoms. The number of carbonyl (C=O) groups excluding carboxylic acids is 1. The molecular weight excluding hydrogens is 208 g/mol. The normalized spacial score (nSPS) is 12.2. The second-order valence-electron chi connectivity index (χ2n) is 3.35. The molecule has 0 aliphatic rings. The van der Waals surface area contributed by atoms with Gasteiger partial charge in [0.1, 0.15) is 6.17 Å². The second kappa shape index (κ2) is 6.22. The number of aliphatic hydroxyl groups is 1. The number of nitrogens with one attached hydrogen (secondary N) is 1.